The van der Waals surface area contributed by atoms with Crippen LogP contribution in [-0.4, -0.2) is 236 Å². The number of fused-ring (bicyclic) bond motifs is 16. The second kappa shape index (κ2) is 40.1. The summed E-state index contributed by atoms with van der Waals surface area (Å²) in [5, 5.41) is 30.1. The smallest absolute Gasteiger partial charge is 0.232 e. The first-order valence-electron chi connectivity index (χ1n) is 49.0. The fourth-order valence-electron chi connectivity index (χ4n) is 22.4. The molecule has 6 saturated heterocycles. The van der Waals surface area contributed by atoms with Crippen molar-refractivity contribution in [1.82, 2.24) is 80.7 Å². The van der Waals surface area contributed by atoms with Gasteiger partial charge in [0.25, 0.3) is 0 Å². The van der Waals surface area contributed by atoms with Crippen LogP contribution in [0.5, 0.6) is 0 Å². The summed E-state index contributed by atoms with van der Waals surface area (Å²) in [7, 11) is 0. The second-order valence-electron chi connectivity index (χ2n) is 40.6. The Morgan fingerprint density at radius 1 is 0.316 bits per heavy atom. The van der Waals surface area contributed by atoms with E-state index in [9.17, 15) is 19.2 Å². The molecule has 4 aromatic carbocycles. The van der Waals surface area contributed by atoms with Gasteiger partial charge in [0.1, 0.15) is 71.9 Å². The van der Waals surface area contributed by atoms with Crippen LogP contribution in [0.4, 0.5) is 46.5 Å². The maximum Gasteiger partial charge on any atom is 0.232 e. The second-order valence-corrected chi connectivity index (χ2v) is 42.3. The molecule has 10 aliphatic heterocycles. The number of aromatic nitrogens is 8. The van der Waals surface area contributed by atoms with Crippen LogP contribution in [-0.2, 0) is 19.2 Å². The highest BCUT2D eigenvalue weighted by Crippen LogP contribution is 2.62. The molecule has 716 valence electrons. The Balaban J connectivity index is 0.000000116. The van der Waals surface area contributed by atoms with Gasteiger partial charge in [-0.15, -0.1) is 0 Å². The third-order valence-corrected chi connectivity index (χ3v) is 31.1. The van der Waals surface area contributed by atoms with E-state index in [-0.39, 0.29) is 71.5 Å². The first-order valence-corrected chi connectivity index (χ1v) is 50.6. The van der Waals surface area contributed by atoms with Gasteiger partial charge >= 0.3 is 0 Å². The Hall–Kier alpha value is -10.6. The number of amides is 4. The van der Waals surface area contributed by atoms with Gasteiger partial charge in [0.05, 0.1) is 23.7 Å². The van der Waals surface area contributed by atoms with Crippen molar-refractivity contribution >= 4 is 117 Å². The number of hydrogen-bond donors (Lipinski definition) is 8. The van der Waals surface area contributed by atoms with Crippen LogP contribution in [0.2, 0.25) is 20.1 Å². The van der Waals surface area contributed by atoms with Crippen LogP contribution in [0, 0.1) is 23.7 Å². The maximum atomic E-state index is 14.0. The van der Waals surface area contributed by atoms with Gasteiger partial charge in [0, 0.05) is 266 Å². The van der Waals surface area contributed by atoms with Crippen molar-refractivity contribution in [3.8, 4) is 0 Å². The molecule has 0 spiro atoms. The Labute approximate surface area is 818 Å². The summed E-state index contributed by atoms with van der Waals surface area (Å²) in [6.07, 6.45) is 15.2. The maximum absolute atomic E-state index is 14.0. The van der Waals surface area contributed by atoms with Gasteiger partial charge < -0.3 is 81.7 Å². The van der Waals surface area contributed by atoms with E-state index < -0.39 is 0 Å². The molecule has 4 aromatic heterocycles. The predicted molar refractivity (Wildman–Crippen MR) is 541 cm³/mol. The molecule has 10 fully saturated rings. The van der Waals surface area contributed by atoms with Crippen molar-refractivity contribution in [2.75, 3.05) is 146 Å². The van der Waals surface area contributed by atoms with E-state index in [0.717, 1.165) is 195 Å². The van der Waals surface area contributed by atoms with Crippen molar-refractivity contribution in [2.45, 2.75) is 202 Å². The number of anilines is 8. The molecular formula is C104H128Cl4N24O4. The number of nitrogens with one attached hydrogen (secondary N) is 8. The van der Waals surface area contributed by atoms with Crippen molar-refractivity contribution in [1.29, 1.82) is 0 Å². The number of carbonyl (C=O) groups is 4. The van der Waals surface area contributed by atoms with Crippen LogP contribution in [0.15, 0.2) is 171 Å². The average Bonchev–Trinajstić information content (AvgIpc) is 1.59. The number of carbonyl (C=O) groups excluding carboxylic acids is 4. The molecule has 136 heavy (non-hydrogen) atoms. The Morgan fingerprint density at radius 3 is 0.765 bits per heavy atom. The molecule has 8 N–H and O–H groups in total. The highest BCUT2D eigenvalue weighted by atomic mass is 35.5. The predicted octanol–water partition coefficient (Wildman–Crippen LogP) is 15.5. The summed E-state index contributed by atoms with van der Waals surface area (Å²) in [5.41, 5.74) is 13.2. The first-order chi connectivity index (χ1) is 65.6. The Morgan fingerprint density at radius 2 is 0.537 bits per heavy atom. The van der Waals surface area contributed by atoms with Crippen molar-refractivity contribution in [3.63, 3.8) is 0 Å². The van der Waals surface area contributed by atoms with Gasteiger partial charge in [0.15, 0.2) is 0 Å². The number of nitrogens with zero attached hydrogens (tertiary/aromatic N) is 16. The van der Waals surface area contributed by atoms with E-state index >= 15 is 0 Å². The number of benzene rings is 4. The van der Waals surface area contributed by atoms with Gasteiger partial charge in [-0.3, -0.25) is 19.2 Å². The molecule has 4 aliphatic carbocycles. The summed E-state index contributed by atoms with van der Waals surface area (Å²) < 4.78 is 0. The quantitative estimate of drug-likeness (QED) is 0.0279. The molecule has 4 bridgehead atoms. The molecule has 4 amide bonds. The van der Waals surface area contributed by atoms with Crippen LogP contribution >= 0.6 is 46.4 Å². The van der Waals surface area contributed by atoms with Gasteiger partial charge in [-0.25, -0.2) is 39.9 Å². The van der Waals surface area contributed by atoms with Crippen LogP contribution in [0.25, 0.3) is 0 Å². The lowest BCUT2D eigenvalue weighted by Gasteiger charge is -2.43. The monoisotopic (exact) mass is 1920 g/mol. The normalized spacial score (nSPS) is 25.0. The standard InChI is InChI=1S/2C27H33ClN6O.2C25H31ClN6O/c2*1-15(2)29-11-23(17-4-6-18(28)7-5-17)27(35)34-19-8-9-20(34)13-33(12-19)26-24-22-10-21(22)16(3)32-25(24)30-14-31-26;2*1-15(2)27-13-21(17-4-6-18(26)7-5-17)25(33)32-10-8-31(9-11-32)24-22-20-12-19(20)16(3)30-23(22)28-14-29-24/h2*4-7,14-15,19-23,29H,3,8-13H2,1-2H3,(H,30,31,32);2*4-7,14-15,19-21,27H,3,8-13H2,1-2H3,(H,28,29,30)/t19?,20?,21-,22-,23+;19?,20?,21-,22-,23-;19-,20-,21+;19-,20-,21-/m0101/s1. The highest BCUT2D eigenvalue weighted by Gasteiger charge is 2.55. The molecule has 14 aliphatic rings. The molecular weight excluding hydrogens is 1790 g/mol. The molecule has 22 rings (SSSR count). The molecule has 28 nitrogen and oxygen atoms in total. The molecule has 0 radical (unpaired) electrons. The minimum absolute atomic E-state index is 0.162. The van der Waals surface area contributed by atoms with E-state index in [2.05, 4.69) is 184 Å². The highest BCUT2D eigenvalue weighted by molar-refractivity contribution is 6.31. The zero-order valence-electron chi connectivity index (χ0n) is 79.2. The SMILES string of the molecule is C=C1Nc2ncnc(N3CC4CCC(C3)N4C(=O)[C@H](CNC(C)C)c3ccc(Cl)cc3)c2[C@@H]2C[C@H]12.C=C1Nc2ncnc(N3CC4CCC(C3)N4C(=O)[C@H](CNC(C)C)c3ccc(Cl)cc3)c2[C@H]2C[C@@H]12.C=C1Nc2ncnc(N3CCN(C(=O)[C@H](CNC(C)C)c4ccc(Cl)cc4)CC3)c2[C@@H]2C[C@H]12.C=C1Nc2ncnc(N3CCN(C(=O)[C@H](CNC(C)C)c4ccc(Cl)cc4)CC3)c2[C@H]2C[C@@H]12. The van der Waals surface area contributed by atoms with Gasteiger partial charge in [-0.2, -0.15) is 0 Å². The minimum Gasteiger partial charge on any atom is -0.353 e. The third-order valence-electron chi connectivity index (χ3n) is 30.1. The molecule has 32 heteroatoms. The van der Waals surface area contributed by atoms with E-state index in [0.29, 0.717) is 144 Å². The van der Waals surface area contributed by atoms with Crippen molar-refractivity contribution in [2.24, 2.45) is 23.7 Å². The van der Waals surface area contributed by atoms with E-state index in [1.807, 2.05) is 107 Å². The van der Waals surface area contributed by atoms with Gasteiger partial charge in [0.2, 0.25) is 23.6 Å². The van der Waals surface area contributed by atoms with Crippen molar-refractivity contribution in [3.05, 3.63) is 236 Å². The third kappa shape index (κ3) is 20.1. The number of rotatable bonds is 24. The fraction of sp³-hybridized carbons (Fsp3) is 0.500. The lowest BCUT2D eigenvalue weighted by Crippen LogP contribution is -2.58. The van der Waals surface area contributed by atoms with E-state index in [4.69, 9.17) is 56.4 Å². The number of piperazine rings is 4. The van der Waals surface area contributed by atoms with Gasteiger partial charge in [-0.1, -0.05) is 177 Å². The largest absolute Gasteiger partial charge is 0.353 e. The molecule has 4 saturated carbocycles. The number of halogens is 4. The fourth-order valence-corrected chi connectivity index (χ4v) is 22.9. The Kier molecular flexibility index (Phi) is 27.8. The summed E-state index contributed by atoms with van der Waals surface area (Å²) in [5.74, 6) is 11.5. The minimum atomic E-state index is -0.231. The number of allylic oxidation sites excluding steroid dienone is 4. The van der Waals surface area contributed by atoms with Crippen LogP contribution in [0.3, 0.4) is 0 Å². The average molecular weight is 1920 g/mol. The van der Waals surface area contributed by atoms with Crippen LogP contribution < -0.4 is 62.1 Å². The number of hydrogen-bond acceptors (Lipinski definition) is 24. The first kappa shape index (κ1) is 94.4. The van der Waals surface area contributed by atoms with Crippen LogP contribution in [0.1, 0.15) is 199 Å². The Bertz CT molecular complexity index is 5420. The molecule has 8 aromatic rings. The summed E-state index contributed by atoms with van der Waals surface area (Å²) in [6.45, 7) is 44.9. The molecule has 4 unspecified atom stereocenters. The summed E-state index contributed by atoms with van der Waals surface area (Å²) >= 11 is 24.4. The summed E-state index contributed by atoms with van der Waals surface area (Å²) in [4.78, 5) is 110. The van der Waals surface area contributed by atoms with Gasteiger partial charge in [-0.05, 0) is 122 Å². The van der Waals surface area contributed by atoms with Crippen molar-refractivity contribution < 1.29 is 19.2 Å². The molecule has 16 atom stereocenters. The lowest BCUT2D eigenvalue weighted by atomic mass is 9.95. The molecule has 14 heterocycles. The zero-order chi connectivity index (χ0) is 94.8. The van der Waals surface area contributed by atoms with E-state index in [1.165, 1.54) is 22.3 Å². The topological polar surface area (TPSA) is 294 Å². The van der Waals surface area contributed by atoms with E-state index in [1.54, 1.807) is 25.3 Å². The summed E-state index contributed by atoms with van der Waals surface area (Å²) in [6, 6.07) is 32.8. The lowest BCUT2D eigenvalue weighted by molar-refractivity contribution is -0.137. The zero-order valence-corrected chi connectivity index (χ0v) is 82.2.